The van der Waals surface area contributed by atoms with Gasteiger partial charge in [-0.2, -0.15) is 0 Å². The smallest absolute Gasteiger partial charge is 0.132 e. The van der Waals surface area contributed by atoms with E-state index in [-0.39, 0.29) is 18.3 Å². The number of fused-ring (bicyclic) bond motifs is 1. The van der Waals surface area contributed by atoms with Gasteiger partial charge >= 0.3 is 0 Å². The van der Waals surface area contributed by atoms with E-state index in [4.69, 9.17) is 14.2 Å². The molecule has 0 radical (unpaired) electrons. The van der Waals surface area contributed by atoms with Crippen LogP contribution in [0.5, 0.6) is 5.75 Å². The molecule has 1 aliphatic heterocycles. The zero-order chi connectivity index (χ0) is 22.6. The summed E-state index contributed by atoms with van der Waals surface area (Å²) < 4.78 is 19.3. The van der Waals surface area contributed by atoms with E-state index >= 15 is 0 Å². The van der Waals surface area contributed by atoms with Crippen LogP contribution in [-0.2, 0) is 22.6 Å². The summed E-state index contributed by atoms with van der Waals surface area (Å²) >= 11 is 0. The van der Waals surface area contributed by atoms with Crippen molar-refractivity contribution in [3.05, 3.63) is 95.6 Å². The molecular weight excluding hydrogens is 398 g/mol. The maximum absolute atomic E-state index is 6.45. The molecule has 2 atom stereocenters. The van der Waals surface area contributed by atoms with Crippen molar-refractivity contribution in [2.24, 2.45) is 0 Å². The molecule has 168 valence electrons. The van der Waals surface area contributed by atoms with Gasteiger partial charge in [-0.25, -0.2) is 0 Å². The molecule has 1 heterocycles. The Labute approximate surface area is 191 Å². The van der Waals surface area contributed by atoms with Gasteiger partial charge in [0.15, 0.2) is 0 Å². The second-order valence-electron chi connectivity index (χ2n) is 9.12. The third kappa shape index (κ3) is 5.32. The van der Waals surface area contributed by atoms with Crippen LogP contribution >= 0.6 is 0 Å². The topological polar surface area (TPSA) is 39.7 Å². The van der Waals surface area contributed by atoms with Gasteiger partial charge in [-0.15, -0.1) is 0 Å². The predicted octanol–water partition coefficient (Wildman–Crippen LogP) is 6.52. The average Bonchev–Trinajstić information content (AvgIpc) is 2.78. The third-order valence-electron chi connectivity index (χ3n) is 5.68. The van der Waals surface area contributed by atoms with E-state index in [1.165, 1.54) is 5.56 Å². The molecule has 4 nitrogen and oxygen atoms in total. The summed E-state index contributed by atoms with van der Waals surface area (Å²) in [5.41, 5.74) is 3.90. The summed E-state index contributed by atoms with van der Waals surface area (Å²) in [6.45, 7) is 9.54. The van der Waals surface area contributed by atoms with Crippen molar-refractivity contribution in [3.8, 4) is 5.75 Å². The van der Waals surface area contributed by atoms with E-state index in [2.05, 4.69) is 81.5 Å². The minimum Gasteiger partial charge on any atom is -0.485 e. The lowest BCUT2D eigenvalue weighted by Gasteiger charge is -2.45. The maximum Gasteiger partial charge on any atom is 0.132 e. The van der Waals surface area contributed by atoms with Gasteiger partial charge in [0.25, 0.3) is 0 Å². The van der Waals surface area contributed by atoms with E-state index in [1.54, 1.807) is 0 Å². The zero-order valence-electron chi connectivity index (χ0n) is 19.4. The molecule has 0 aliphatic carbocycles. The first-order chi connectivity index (χ1) is 15.4. The van der Waals surface area contributed by atoms with Crippen molar-refractivity contribution in [1.29, 1.82) is 0 Å². The molecule has 3 aromatic rings. The fourth-order valence-corrected chi connectivity index (χ4v) is 4.13. The molecule has 4 rings (SSSR count). The summed E-state index contributed by atoms with van der Waals surface area (Å²) in [5.74, 6) is 0.852. The first-order valence-electron chi connectivity index (χ1n) is 11.3. The molecule has 1 N–H and O–H groups in total. The molecular formula is C28H33NO3. The maximum atomic E-state index is 6.45. The molecule has 2 unspecified atom stereocenters. The molecule has 32 heavy (non-hydrogen) atoms. The Morgan fingerprint density at radius 1 is 0.906 bits per heavy atom. The Hall–Kier alpha value is -2.82. The molecule has 3 aromatic carbocycles. The minimum atomic E-state index is -0.527. The summed E-state index contributed by atoms with van der Waals surface area (Å²) in [6.07, 6.45) is -0.413. The highest BCUT2D eigenvalue weighted by molar-refractivity contribution is 5.54. The van der Waals surface area contributed by atoms with Gasteiger partial charge in [0.2, 0.25) is 0 Å². The van der Waals surface area contributed by atoms with E-state index in [9.17, 15) is 0 Å². The van der Waals surface area contributed by atoms with Gasteiger partial charge in [-0.3, -0.25) is 0 Å². The van der Waals surface area contributed by atoms with Crippen molar-refractivity contribution in [1.82, 2.24) is 0 Å². The highest BCUT2D eigenvalue weighted by Gasteiger charge is 2.46. The Morgan fingerprint density at radius 3 is 2.22 bits per heavy atom. The number of ether oxygens (including phenoxy) is 3. The Morgan fingerprint density at radius 2 is 1.56 bits per heavy atom. The molecule has 0 fully saturated rings. The Bertz CT molecular complexity index is 1000. The van der Waals surface area contributed by atoms with Gasteiger partial charge in [0.05, 0.1) is 12.7 Å². The molecule has 0 saturated heterocycles. The number of rotatable bonds is 8. The van der Waals surface area contributed by atoms with Gasteiger partial charge < -0.3 is 19.5 Å². The van der Waals surface area contributed by atoms with Crippen LogP contribution in [0.4, 0.5) is 5.69 Å². The second-order valence-corrected chi connectivity index (χ2v) is 9.12. The largest absolute Gasteiger partial charge is 0.485 e. The van der Waals surface area contributed by atoms with Gasteiger partial charge in [-0.05, 0) is 57.0 Å². The fourth-order valence-electron chi connectivity index (χ4n) is 4.13. The average molecular weight is 432 g/mol. The lowest BCUT2D eigenvalue weighted by atomic mass is 9.87. The van der Waals surface area contributed by atoms with Crippen LogP contribution < -0.4 is 10.1 Å². The lowest BCUT2D eigenvalue weighted by molar-refractivity contribution is -0.177. The number of hydrogen-bond acceptors (Lipinski definition) is 4. The van der Waals surface area contributed by atoms with E-state index in [1.807, 2.05) is 30.3 Å². The van der Waals surface area contributed by atoms with Crippen molar-refractivity contribution in [3.63, 3.8) is 0 Å². The van der Waals surface area contributed by atoms with E-state index in [0.29, 0.717) is 6.61 Å². The third-order valence-corrected chi connectivity index (χ3v) is 5.68. The van der Waals surface area contributed by atoms with Crippen LogP contribution in [0.15, 0.2) is 78.9 Å². The fraction of sp³-hybridized carbons (Fsp3) is 0.357. The monoisotopic (exact) mass is 431 g/mol. The normalized spacial score (nSPS) is 19.3. The molecule has 0 spiro atoms. The highest BCUT2D eigenvalue weighted by Crippen LogP contribution is 2.45. The summed E-state index contributed by atoms with van der Waals surface area (Å²) in [4.78, 5) is 0. The minimum absolute atomic E-state index is 0.0607. The van der Waals surface area contributed by atoms with Gasteiger partial charge in [0.1, 0.15) is 23.6 Å². The van der Waals surface area contributed by atoms with Gasteiger partial charge in [-0.1, -0.05) is 60.7 Å². The standard InChI is InChI=1S/C28H33NO3/c1-20(2)31-26-24-17-23(29-18-21-11-7-5-8-12-21)15-16-25(24)32-28(3,4)27(26)30-19-22-13-9-6-10-14-22/h5-17,20,26-27,29H,18-19H2,1-4H3. The number of hydrogen-bond donors (Lipinski definition) is 1. The van der Waals surface area contributed by atoms with Crippen LogP contribution in [0, 0.1) is 0 Å². The first-order valence-corrected chi connectivity index (χ1v) is 11.3. The molecule has 1 aliphatic rings. The van der Waals surface area contributed by atoms with Crippen LogP contribution in [0.25, 0.3) is 0 Å². The Kier molecular flexibility index (Phi) is 6.83. The molecule has 0 amide bonds. The van der Waals surface area contributed by atoms with Gasteiger partial charge in [0, 0.05) is 17.8 Å². The second kappa shape index (κ2) is 9.76. The zero-order valence-corrected chi connectivity index (χ0v) is 19.4. The number of benzene rings is 3. The van der Waals surface area contributed by atoms with Crippen molar-refractivity contribution >= 4 is 5.69 Å². The Balaban J connectivity index is 1.59. The van der Waals surface area contributed by atoms with E-state index in [0.717, 1.165) is 29.1 Å². The van der Waals surface area contributed by atoms with Crippen LogP contribution in [-0.4, -0.2) is 17.8 Å². The quantitative estimate of drug-likeness (QED) is 0.441. The number of anilines is 1. The van der Waals surface area contributed by atoms with Crippen molar-refractivity contribution < 1.29 is 14.2 Å². The number of nitrogens with one attached hydrogen (secondary N) is 1. The van der Waals surface area contributed by atoms with Crippen LogP contribution in [0.3, 0.4) is 0 Å². The molecule has 0 aromatic heterocycles. The highest BCUT2D eigenvalue weighted by atomic mass is 16.6. The van der Waals surface area contributed by atoms with Crippen LogP contribution in [0.1, 0.15) is 50.5 Å². The van der Waals surface area contributed by atoms with Crippen molar-refractivity contribution in [2.75, 3.05) is 5.32 Å². The van der Waals surface area contributed by atoms with Crippen molar-refractivity contribution in [2.45, 2.75) is 64.8 Å². The lowest BCUT2D eigenvalue weighted by Crippen LogP contribution is -2.51. The molecule has 0 saturated carbocycles. The predicted molar refractivity (Wildman–Crippen MR) is 129 cm³/mol. The summed E-state index contributed by atoms with van der Waals surface area (Å²) in [7, 11) is 0. The van der Waals surface area contributed by atoms with E-state index < -0.39 is 5.60 Å². The first kappa shape index (κ1) is 22.4. The molecule has 4 heteroatoms. The van der Waals surface area contributed by atoms with Crippen LogP contribution in [0.2, 0.25) is 0 Å². The summed E-state index contributed by atoms with van der Waals surface area (Å²) in [6, 6.07) is 26.9. The molecule has 0 bridgehead atoms. The summed E-state index contributed by atoms with van der Waals surface area (Å²) in [5, 5.41) is 3.53. The SMILES string of the molecule is CC(C)OC1c2cc(NCc3ccccc3)ccc2OC(C)(C)C1OCc1ccccc1.